The van der Waals surface area contributed by atoms with Crippen LogP contribution in [0, 0.1) is 6.92 Å². The van der Waals surface area contributed by atoms with Crippen molar-refractivity contribution in [3.63, 3.8) is 0 Å². The van der Waals surface area contributed by atoms with Crippen LogP contribution in [0.2, 0.25) is 0 Å². The van der Waals surface area contributed by atoms with Crippen LogP contribution in [0.15, 0.2) is 30.3 Å². The summed E-state index contributed by atoms with van der Waals surface area (Å²) in [5.41, 5.74) is 2.30. The van der Waals surface area contributed by atoms with Gasteiger partial charge in [0.2, 0.25) is 10.0 Å². The van der Waals surface area contributed by atoms with Gasteiger partial charge in [-0.15, -0.1) is 0 Å². The molecule has 2 rings (SSSR count). The number of fused-ring (bicyclic) bond motifs is 1. The van der Waals surface area contributed by atoms with Crippen molar-refractivity contribution in [1.82, 2.24) is 9.29 Å². The minimum atomic E-state index is -3.11. The van der Waals surface area contributed by atoms with Gasteiger partial charge in [0.05, 0.1) is 5.75 Å². The van der Waals surface area contributed by atoms with Crippen molar-refractivity contribution in [3.05, 3.63) is 36.0 Å². The van der Waals surface area contributed by atoms with Crippen molar-refractivity contribution in [3.8, 4) is 0 Å². The van der Waals surface area contributed by atoms with Crippen LogP contribution in [0.3, 0.4) is 0 Å². The predicted octanol–water partition coefficient (Wildman–Crippen LogP) is 2.28. The van der Waals surface area contributed by atoms with E-state index < -0.39 is 10.0 Å². The van der Waals surface area contributed by atoms with Gasteiger partial charge in [0.1, 0.15) is 0 Å². The summed E-state index contributed by atoms with van der Waals surface area (Å²) in [7, 11) is -3.11. The summed E-state index contributed by atoms with van der Waals surface area (Å²) in [5.74, 6) is 0.193. The lowest BCUT2D eigenvalue weighted by molar-refractivity contribution is 0.572. The molecule has 0 saturated heterocycles. The molecule has 0 spiro atoms. The number of benzene rings is 1. The third-order valence-corrected chi connectivity index (χ3v) is 4.74. The van der Waals surface area contributed by atoms with Gasteiger partial charge in [-0.05, 0) is 30.9 Å². The number of nitrogens with one attached hydrogen (secondary N) is 1. The zero-order valence-electron chi connectivity index (χ0n) is 11.4. The summed E-state index contributed by atoms with van der Waals surface area (Å²) < 4.78 is 28.0. The maximum absolute atomic E-state index is 11.6. The Balaban J connectivity index is 2.08. The average molecular weight is 280 g/mol. The van der Waals surface area contributed by atoms with Gasteiger partial charge < -0.3 is 4.57 Å². The maximum atomic E-state index is 11.6. The number of nitrogens with zero attached hydrogens (tertiary/aromatic N) is 1. The first-order valence-electron chi connectivity index (χ1n) is 6.55. The fourth-order valence-electron chi connectivity index (χ4n) is 2.30. The first kappa shape index (κ1) is 14.1. The van der Waals surface area contributed by atoms with Crippen LogP contribution >= 0.6 is 0 Å². The van der Waals surface area contributed by atoms with Crippen LogP contribution in [-0.2, 0) is 16.6 Å². The van der Waals surface area contributed by atoms with Crippen LogP contribution in [0.1, 0.15) is 19.0 Å². The minimum absolute atomic E-state index is 0.193. The van der Waals surface area contributed by atoms with Gasteiger partial charge in [0.25, 0.3) is 0 Å². The molecule has 1 N–H and O–H groups in total. The first-order chi connectivity index (χ1) is 9.03. The minimum Gasteiger partial charge on any atom is -0.344 e. The molecule has 19 heavy (non-hydrogen) atoms. The van der Waals surface area contributed by atoms with Gasteiger partial charge in [-0.2, -0.15) is 0 Å². The van der Waals surface area contributed by atoms with Crippen molar-refractivity contribution in [2.24, 2.45) is 0 Å². The molecule has 0 aliphatic heterocycles. The molecule has 0 atom stereocenters. The normalized spacial score (nSPS) is 12.1. The summed E-state index contributed by atoms with van der Waals surface area (Å²) in [6.07, 6.45) is 0.640. The molecule has 0 aliphatic rings. The lowest BCUT2D eigenvalue weighted by Crippen LogP contribution is -2.29. The van der Waals surface area contributed by atoms with Crippen molar-refractivity contribution < 1.29 is 8.42 Å². The van der Waals surface area contributed by atoms with Crippen molar-refractivity contribution in [2.45, 2.75) is 26.8 Å². The third kappa shape index (κ3) is 3.36. The molecule has 1 aromatic heterocycles. The van der Waals surface area contributed by atoms with E-state index in [1.54, 1.807) is 0 Å². The van der Waals surface area contributed by atoms with E-state index in [0.717, 1.165) is 11.2 Å². The molecule has 104 valence electrons. The molecule has 2 aromatic rings. The fourth-order valence-corrected chi connectivity index (χ4v) is 3.38. The van der Waals surface area contributed by atoms with E-state index in [-0.39, 0.29) is 5.75 Å². The molecule has 0 amide bonds. The summed E-state index contributed by atoms with van der Waals surface area (Å²) >= 11 is 0. The molecule has 0 fully saturated rings. The topological polar surface area (TPSA) is 51.1 Å². The SMILES string of the molecule is CCCS(=O)(=O)NCCn1c(C)cc2ccccc21. The quantitative estimate of drug-likeness (QED) is 0.882. The Hall–Kier alpha value is -1.33. The standard InChI is InChI=1S/C14H20N2O2S/c1-3-10-19(17,18)15-8-9-16-12(2)11-13-6-4-5-7-14(13)16/h4-7,11,15H,3,8-10H2,1-2H3. The van der Waals surface area contributed by atoms with Crippen molar-refractivity contribution >= 4 is 20.9 Å². The van der Waals surface area contributed by atoms with Crippen LogP contribution in [0.4, 0.5) is 0 Å². The molecule has 1 heterocycles. The molecule has 0 saturated carbocycles. The number of para-hydroxylation sites is 1. The van der Waals surface area contributed by atoms with E-state index in [0.29, 0.717) is 19.5 Å². The number of aromatic nitrogens is 1. The molecule has 0 unspecified atom stereocenters. The van der Waals surface area contributed by atoms with Gasteiger partial charge in [-0.3, -0.25) is 0 Å². The monoisotopic (exact) mass is 280 g/mol. The lowest BCUT2D eigenvalue weighted by atomic mass is 10.2. The fraction of sp³-hybridized carbons (Fsp3) is 0.429. The number of rotatable bonds is 6. The number of sulfonamides is 1. The average Bonchev–Trinajstić information content (AvgIpc) is 2.66. The van der Waals surface area contributed by atoms with Crippen molar-refractivity contribution in [1.29, 1.82) is 0 Å². The highest BCUT2D eigenvalue weighted by molar-refractivity contribution is 7.89. The van der Waals surface area contributed by atoms with Gasteiger partial charge in [-0.25, -0.2) is 13.1 Å². The largest absolute Gasteiger partial charge is 0.344 e. The second-order valence-corrected chi connectivity index (χ2v) is 6.64. The lowest BCUT2D eigenvalue weighted by Gasteiger charge is -2.09. The Morgan fingerprint density at radius 1 is 1.26 bits per heavy atom. The maximum Gasteiger partial charge on any atom is 0.211 e. The van der Waals surface area contributed by atoms with Gasteiger partial charge in [0.15, 0.2) is 0 Å². The molecule has 0 bridgehead atoms. The molecule has 0 aliphatic carbocycles. The van der Waals surface area contributed by atoms with Crippen LogP contribution in [0.25, 0.3) is 10.9 Å². The van der Waals surface area contributed by atoms with Crippen LogP contribution in [-0.4, -0.2) is 25.3 Å². The van der Waals surface area contributed by atoms with E-state index in [4.69, 9.17) is 0 Å². The first-order valence-corrected chi connectivity index (χ1v) is 8.21. The zero-order valence-corrected chi connectivity index (χ0v) is 12.2. The van der Waals surface area contributed by atoms with Gasteiger partial charge >= 0.3 is 0 Å². The Kier molecular flexibility index (Phi) is 4.27. The molecule has 1 aromatic carbocycles. The molecule has 0 radical (unpaired) electrons. The molecule has 4 nitrogen and oxygen atoms in total. The van der Waals surface area contributed by atoms with E-state index in [1.165, 1.54) is 5.39 Å². The van der Waals surface area contributed by atoms with E-state index in [9.17, 15) is 8.42 Å². The van der Waals surface area contributed by atoms with Gasteiger partial charge in [0, 0.05) is 24.3 Å². The highest BCUT2D eigenvalue weighted by Crippen LogP contribution is 2.18. The second kappa shape index (κ2) is 5.75. The summed E-state index contributed by atoms with van der Waals surface area (Å²) in [6, 6.07) is 10.3. The molecule has 5 heteroatoms. The smallest absolute Gasteiger partial charge is 0.211 e. The Bertz CT molecular complexity index is 659. The van der Waals surface area contributed by atoms with Crippen LogP contribution < -0.4 is 4.72 Å². The van der Waals surface area contributed by atoms with Gasteiger partial charge in [-0.1, -0.05) is 25.1 Å². The Morgan fingerprint density at radius 2 is 2.00 bits per heavy atom. The molecular formula is C14H20N2O2S. The summed E-state index contributed by atoms with van der Waals surface area (Å²) in [5, 5.41) is 1.19. The van der Waals surface area contributed by atoms with E-state index >= 15 is 0 Å². The number of hydrogen-bond donors (Lipinski definition) is 1. The summed E-state index contributed by atoms with van der Waals surface area (Å²) in [6.45, 7) is 4.99. The van der Waals surface area contributed by atoms with Crippen LogP contribution in [0.5, 0.6) is 0 Å². The molecular weight excluding hydrogens is 260 g/mol. The third-order valence-electron chi connectivity index (χ3n) is 3.15. The van der Waals surface area contributed by atoms with E-state index in [1.807, 2.05) is 26.0 Å². The second-order valence-electron chi connectivity index (χ2n) is 4.71. The Morgan fingerprint density at radius 3 is 2.74 bits per heavy atom. The summed E-state index contributed by atoms with van der Waals surface area (Å²) in [4.78, 5) is 0. The predicted molar refractivity (Wildman–Crippen MR) is 78.8 cm³/mol. The number of hydrogen-bond acceptors (Lipinski definition) is 2. The Labute approximate surface area is 114 Å². The zero-order chi connectivity index (χ0) is 13.9. The highest BCUT2D eigenvalue weighted by Gasteiger charge is 2.09. The number of aryl methyl sites for hydroxylation is 1. The van der Waals surface area contributed by atoms with Crippen molar-refractivity contribution in [2.75, 3.05) is 12.3 Å². The van der Waals surface area contributed by atoms with E-state index in [2.05, 4.69) is 27.5 Å². The highest BCUT2D eigenvalue weighted by atomic mass is 32.2.